The molecular weight excluding hydrogens is 164 g/mol. The molecule has 0 N–H and O–H groups in total. The van der Waals surface area contributed by atoms with Crippen LogP contribution >= 0.6 is 11.6 Å². The van der Waals surface area contributed by atoms with Crippen LogP contribution in [0.4, 0.5) is 0 Å². The van der Waals surface area contributed by atoms with Gasteiger partial charge in [-0.15, -0.1) is 0 Å². The highest BCUT2D eigenvalue weighted by Gasteiger charge is 2.02. The van der Waals surface area contributed by atoms with Gasteiger partial charge in [0.2, 0.25) is 0 Å². The summed E-state index contributed by atoms with van der Waals surface area (Å²) in [6.45, 7) is 0. The summed E-state index contributed by atoms with van der Waals surface area (Å²) in [5, 5.41) is 16.7. The molecule has 0 radical (unpaired) electrons. The standard InChI is InChI=1S/C6HClN4/c7-6-5(2-9)10-3-4(1-8)11-6/h3H. The first-order valence-electron chi connectivity index (χ1n) is 2.60. The summed E-state index contributed by atoms with van der Waals surface area (Å²) in [6, 6.07) is 3.48. The van der Waals surface area contributed by atoms with Gasteiger partial charge in [0, 0.05) is 0 Å². The van der Waals surface area contributed by atoms with E-state index in [2.05, 4.69) is 9.97 Å². The molecular formula is C6HClN4. The second kappa shape index (κ2) is 2.96. The summed E-state index contributed by atoms with van der Waals surface area (Å²) in [4.78, 5) is 7.17. The third-order valence-corrected chi connectivity index (χ3v) is 1.21. The summed E-state index contributed by atoms with van der Waals surface area (Å²) >= 11 is 5.46. The number of nitriles is 2. The summed E-state index contributed by atoms with van der Waals surface area (Å²) in [6.07, 6.45) is 1.20. The highest BCUT2D eigenvalue weighted by molar-refractivity contribution is 6.30. The SMILES string of the molecule is N#Cc1cnc(C#N)c(Cl)n1. The van der Waals surface area contributed by atoms with E-state index in [1.165, 1.54) is 6.20 Å². The predicted molar refractivity (Wildman–Crippen MR) is 36.5 cm³/mol. The van der Waals surface area contributed by atoms with Gasteiger partial charge in [-0.25, -0.2) is 9.97 Å². The molecule has 1 rings (SSSR count). The maximum Gasteiger partial charge on any atom is 0.177 e. The quantitative estimate of drug-likeness (QED) is 0.570. The van der Waals surface area contributed by atoms with Crippen molar-refractivity contribution in [2.45, 2.75) is 0 Å². The van der Waals surface area contributed by atoms with Gasteiger partial charge in [-0.1, -0.05) is 11.6 Å². The Balaban J connectivity index is 3.25. The van der Waals surface area contributed by atoms with Crippen LogP contribution in [0.3, 0.4) is 0 Å². The molecule has 0 aliphatic rings. The zero-order chi connectivity index (χ0) is 8.27. The van der Waals surface area contributed by atoms with E-state index in [1.54, 1.807) is 12.1 Å². The molecule has 1 aromatic rings. The Morgan fingerprint density at radius 3 is 2.55 bits per heavy atom. The molecule has 0 aliphatic carbocycles. The van der Waals surface area contributed by atoms with Gasteiger partial charge < -0.3 is 0 Å². The number of nitrogens with zero attached hydrogens (tertiary/aromatic N) is 4. The van der Waals surface area contributed by atoms with E-state index >= 15 is 0 Å². The van der Waals surface area contributed by atoms with Crippen LogP contribution in [-0.4, -0.2) is 9.97 Å². The van der Waals surface area contributed by atoms with Gasteiger partial charge in [0.1, 0.15) is 12.1 Å². The smallest absolute Gasteiger partial charge is 0.177 e. The summed E-state index contributed by atoms with van der Waals surface area (Å²) in [7, 11) is 0. The van der Waals surface area contributed by atoms with Gasteiger partial charge in [-0.05, 0) is 0 Å². The van der Waals surface area contributed by atoms with Gasteiger partial charge in [0.15, 0.2) is 16.5 Å². The molecule has 0 unspecified atom stereocenters. The fourth-order valence-corrected chi connectivity index (χ4v) is 0.677. The molecule has 0 saturated heterocycles. The molecule has 4 nitrogen and oxygen atoms in total. The largest absolute Gasteiger partial charge is 0.239 e. The van der Waals surface area contributed by atoms with Gasteiger partial charge in [-0.3, -0.25) is 0 Å². The molecule has 5 heteroatoms. The van der Waals surface area contributed by atoms with E-state index in [9.17, 15) is 0 Å². The minimum Gasteiger partial charge on any atom is -0.239 e. The van der Waals surface area contributed by atoms with E-state index in [1.807, 2.05) is 0 Å². The molecule has 1 aromatic heterocycles. The van der Waals surface area contributed by atoms with E-state index < -0.39 is 0 Å². The first-order valence-corrected chi connectivity index (χ1v) is 2.98. The van der Waals surface area contributed by atoms with Crippen LogP contribution in [-0.2, 0) is 0 Å². The highest BCUT2D eigenvalue weighted by Crippen LogP contribution is 2.08. The van der Waals surface area contributed by atoms with E-state index in [0.717, 1.165) is 0 Å². The third kappa shape index (κ3) is 1.43. The monoisotopic (exact) mass is 164 g/mol. The predicted octanol–water partition coefficient (Wildman–Crippen LogP) is 0.873. The highest BCUT2D eigenvalue weighted by atomic mass is 35.5. The van der Waals surface area contributed by atoms with E-state index in [0.29, 0.717) is 0 Å². The maximum atomic E-state index is 8.36. The number of hydrogen-bond donors (Lipinski definition) is 0. The van der Waals surface area contributed by atoms with Crippen molar-refractivity contribution in [3.8, 4) is 12.1 Å². The average Bonchev–Trinajstić information content (AvgIpc) is 2.04. The number of halogens is 1. The van der Waals surface area contributed by atoms with Crippen molar-refractivity contribution in [1.29, 1.82) is 10.5 Å². The van der Waals surface area contributed by atoms with Crippen molar-refractivity contribution < 1.29 is 0 Å². The number of rotatable bonds is 0. The lowest BCUT2D eigenvalue weighted by Crippen LogP contribution is -1.90. The second-order valence-electron chi connectivity index (χ2n) is 1.62. The van der Waals surface area contributed by atoms with E-state index in [-0.39, 0.29) is 16.5 Å². The Morgan fingerprint density at radius 1 is 1.36 bits per heavy atom. The summed E-state index contributed by atoms with van der Waals surface area (Å²) < 4.78 is 0. The summed E-state index contributed by atoms with van der Waals surface area (Å²) in [5.41, 5.74) is 0.139. The molecule has 0 fully saturated rings. The Hall–Kier alpha value is -1.65. The molecule has 52 valence electrons. The Labute approximate surface area is 67.7 Å². The second-order valence-corrected chi connectivity index (χ2v) is 1.98. The summed E-state index contributed by atoms with van der Waals surface area (Å²) in [5.74, 6) is 0. The van der Waals surface area contributed by atoms with Crippen LogP contribution in [0.25, 0.3) is 0 Å². The molecule has 11 heavy (non-hydrogen) atoms. The van der Waals surface area contributed by atoms with Crippen molar-refractivity contribution in [3.63, 3.8) is 0 Å². The molecule has 0 saturated carbocycles. The minimum atomic E-state index is -0.0356. The fourth-order valence-electron chi connectivity index (χ4n) is 0.495. The molecule has 0 atom stereocenters. The first-order chi connectivity index (χ1) is 5.27. The zero-order valence-corrected chi connectivity index (χ0v) is 6.00. The van der Waals surface area contributed by atoms with Crippen LogP contribution in [0.5, 0.6) is 0 Å². The lowest BCUT2D eigenvalue weighted by molar-refractivity contribution is 1.13. The third-order valence-electron chi connectivity index (χ3n) is 0.950. The van der Waals surface area contributed by atoms with Crippen molar-refractivity contribution >= 4 is 11.6 Å². The Kier molecular flexibility index (Phi) is 2.00. The van der Waals surface area contributed by atoms with E-state index in [4.69, 9.17) is 22.1 Å². The van der Waals surface area contributed by atoms with Crippen molar-refractivity contribution in [2.75, 3.05) is 0 Å². The maximum absolute atomic E-state index is 8.36. The molecule has 0 aromatic carbocycles. The number of aromatic nitrogens is 2. The van der Waals surface area contributed by atoms with Crippen LogP contribution in [0.1, 0.15) is 11.4 Å². The van der Waals surface area contributed by atoms with Crippen LogP contribution in [0.15, 0.2) is 6.20 Å². The average molecular weight is 165 g/mol. The van der Waals surface area contributed by atoms with Crippen molar-refractivity contribution in [3.05, 3.63) is 22.7 Å². The van der Waals surface area contributed by atoms with Crippen LogP contribution in [0.2, 0.25) is 5.15 Å². The van der Waals surface area contributed by atoms with Crippen molar-refractivity contribution in [1.82, 2.24) is 9.97 Å². The first kappa shape index (κ1) is 7.46. The minimum absolute atomic E-state index is 0.0330. The topological polar surface area (TPSA) is 73.4 Å². The van der Waals surface area contributed by atoms with Crippen molar-refractivity contribution in [2.24, 2.45) is 0 Å². The Bertz CT molecular complexity index is 360. The van der Waals surface area contributed by atoms with Crippen LogP contribution < -0.4 is 0 Å². The molecule has 0 aliphatic heterocycles. The number of hydrogen-bond acceptors (Lipinski definition) is 4. The molecule has 0 spiro atoms. The Morgan fingerprint density at radius 2 is 2.09 bits per heavy atom. The molecule has 1 heterocycles. The van der Waals surface area contributed by atoms with Gasteiger partial charge >= 0.3 is 0 Å². The van der Waals surface area contributed by atoms with Gasteiger partial charge in [0.25, 0.3) is 0 Å². The molecule has 0 amide bonds. The lowest BCUT2D eigenvalue weighted by Gasteiger charge is -1.90. The molecule has 0 bridgehead atoms. The van der Waals surface area contributed by atoms with Gasteiger partial charge in [0.05, 0.1) is 6.20 Å². The lowest BCUT2D eigenvalue weighted by atomic mass is 10.4. The normalized spacial score (nSPS) is 8.27. The van der Waals surface area contributed by atoms with Gasteiger partial charge in [-0.2, -0.15) is 10.5 Å². The zero-order valence-electron chi connectivity index (χ0n) is 5.24. The fraction of sp³-hybridized carbons (Fsp3) is 0. The van der Waals surface area contributed by atoms with Crippen LogP contribution in [0, 0.1) is 22.7 Å².